The maximum Gasteiger partial charge on any atom is 0.255 e. The molecule has 0 radical (unpaired) electrons. The van der Waals surface area contributed by atoms with Crippen LogP contribution < -0.4 is 4.74 Å². The zero-order valence-corrected chi connectivity index (χ0v) is 17.5. The van der Waals surface area contributed by atoms with Crippen LogP contribution in [-0.4, -0.2) is 67.1 Å². The van der Waals surface area contributed by atoms with Crippen LogP contribution in [0, 0.1) is 0 Å². The maximum absolute atomic E-state index is 12.9. The van der Waals surface area contributed by atoms with Crippen LogP contribution >= 0.6 is 11.6 Å². The van der Waals surface area contributed by atoms with Crippen LogP contribution in [0.5, 0.6) is 5.75 Å². The molecule has 0 aliphatic carbocycles. The van der Waals surface area contributed by atoms with Crippen LogP contribution in [0.1, 0.15) is 33.6 Å². The van der Waals surface area contributed by atoms with Crippen LogP contribution in [0.3, 0.4) is 0 Å². The number of halogens is 1. The van der Waals surface area contributed by atoms with Gasteiger partial charge in [0, 0.05) is 25.2 Å². The molecule has 2 saturated heterocycles. The summed E-state index contributed by atoms with van der Waals surface area (Å²) in [7, 11) is 0. The quantitative estimate of drug-likeness (QED) is 0.731. The fourth-order valence-electron chi connectivity index (χ4n) is 3.90. The normalized spacial score (nSPS) is 19.0. The van der Waals surface area contributed by atoms with E-state index >= 15 is 0 Å². The van der Waals surface area contributed by atoms with Crippen LogP contribution in [0.15, 0.2) is 48.5 Å². The Morgan fingerprint density at radius 2 is 1.73 bits per heavy atom. The molecule has 2 aliphatic heterocycles. The molecule has 158 valence electrons. The Morgan fingerprint density at radius 3 is 2.47 bits per heavy atom. The molecule has 0 N–H and O–H groups in total. The van der Waals surface area contributed by atoms with E-state index in [2.05, 4.69) is 0 Å². The standard InChI is InChI=1S/C23H25ClN2O4/c24-21-6-2-1-5-20(21)23(28)26-11-3-4-18(26)16-30-19-9-7-17(8-10-19)22(27)25-12-14-29-15-13-25/h1-2,5-10,18H,3-4,11-16H2/t18-/m1/s1. The van der Waals surface area contributed by atoms with Gasteiger partial charge in [-0.05, 0) is 49.2 Å². The Kier molecular flexibility index (Phi) is 6.55. The van der Waals surface area contributed by atoms with E-state index in [1.807, 2.05) is 29.2 Å². The Labute approximate surface area is 181 Å². The van der Waals surface area contributed by atoms with Gasteiger partial charge in [0.1, 0.15) is 12.4 Å². The molecule has 0 unspecified atom stereocenters. The van der Waals surface area contributed by atoms with Crippen molar-refractivity contribution in [1.29, 1.82) is 0 Å². The minimum Gasteiger partial charge on any atom is -0.491 e. The van der Waals surface area contributed by atoms with Gasteiger partial charge in [0.25, 0.3) is 11.8 Å². The number of likely N-dealkylation sites (tertiary alicyclic amines) is 1. The Hall–Kier alpha value is -2.57. The van der Waals surface area contributed by atoms with Crippen molar-refractivity contribution in [2.45, 2.75) is 18.9 Å². The van der Waals surface area contributed by atoms with Crippen molar-refractivity contribution in [2.75, 3.05) is 39.5 Å². The number of ether oxygens (including phenoxy) is 2. The Morgan fingerprint density at radius 1 is 1.00 bits per heavy atom. The molecule has 2 aliphatic rings. The van der Waals surface area contributed by atoms with Gasteiger partial charge >= 0.3 is 0 Å². The highest BCUT2D eigenvalue weighted by Crippen LogP contribution is 2.25. The predicted octanol–water partition coefficient (Wildman–Crippen LogP) is 3.50. The van der Waals surface area contributed by atoms with Crippen molar-refractivity contribution in [2.24, 2.45) is 0 Å². The van der Waals surface area contributed by atoms with Gasteiger partial charge in [-0.3, -0.25) is 9.59 Å². The molecule has 0 aromatic heterocycles. The van der Waals surface area contributed by atoms with Gasteiger partial charge in [-0.15, -0.1) is 0 Å². The molecule has 30 heavy (non-hydrogen) atoms. The number of benzene rings is 2. The summed E-state index contributed by atoms with van der Waals surface area (Å²) in [5.74, 6) is 0.640. The molecule has 0 saturated carbocycles. The average molecular weight is 429 g/mol. The van der Waals surface area contributed by atoms with E-state index in [-0.39, 0.29) is 17.9 Å². The SMILES string of the molecule is O=C(c1ccc(OC[C@H]2CCCN2C(=O)c2ccccc2Cl)cc1)N1CCOCC1. The van der Waals surface area contributed by atoms with Crippen molar-refractivity contribution < 1.29 is 19.1 Å². The minimum absolute atomic E-state index is 0.00318. The third kappa shape index (κ3) is 4.60. The highest BCUT2D eigenvalue weighted by atomic mass is 35.5. The molecule has 2 amide bonds. The van der Waals surface area contributed by atoms with E-state index in [9.17, 15) is 9.59 Å². The molecular formula is C23H25ClN2O4. The van der Waals surface area contributed by atoms with Gasteiger partial charge in [-0.25, -0.2) is 0 Å². The second-order valence-corrected chi connectivity index (χ2v) is 7.92. The molecule has 2 fully saturated rings. The first-order valence-corrected chi connectivity index (χ1v) is 10.7. The first-order chi connectivity index (χ1) is 14.6. The smallest absolute Gasteiger partial charge is 0.255 e. The highest BCUT2D eigenvalue weighted by molar-refractivity contribution is 6.33. The summed E-state index contributed by atoms with van der Waals surface area (Å²) in [6.07, 6.45) is 1.83. The maximum atomic E-state index is 12.9. The van der Waals surface area contributed by atoms with Crippen molar-refractivity contribution >= 4 is 23.4 Å². The summed E-state index contributed by atoms with van der Waals surface area (Å²) in [6.45, 7) is 3.51. The van der Waals surface area contributed by atoms with Crippen LogP contribution in [0.2, 0.25) is 5.02 Å². The lowest BCUT2D eigenvalue weighted by Gasteiger charge is -2.27. The molecule has 0 bridgehead atoms. The highest BCUT2D eigenvalue weighted by Gasteiger charge is 2.30. The summed E-state index contributed by atoms with van der Waals surface area (Å²) in [4.78, 5) is 29.1. The molecule has 6 nitrogen and oxygen atoms in total. The van der Waals surface area contributed by atoms with Gasteiger partial charge in [-0.2, -0.15) is 0 Å². The van der Waals surface area contributed by atoms with E-state index in [1.165, 1.54) is 0 Å². The second-order valence-electron chi connectivity index (χ2n) is 7.51. The molecule has 2 heterocycles. The van der Waals surface area contributed by atoms with Gasteiger partial charge in [-0.1, -0.05) is 23.7 Å². The average Bonchev–Trinajstić information content (AvgIpc) is 3.27. The van der Waals surface area contributed by atoms with Gasteiger partial charge in [0.2, 0.25) is 0 Å². The summed E-state index contributed by atoms with van der Waals surface area (Å²) in [6, 6.07) is 14.3. The van der Waals surface area contributed by atoms with Crippen LogP contribution in [0.25, 0.3) is 0 Å². The van der Waals surface area contributed by atoms with Crippen LogP contribution in [0.4, 0.5) is 0 Å². The zero-order valence-electron chi connectivity index (χ0n) is 16.8. The lowest BCUT2D eigenvalue weighted by atomic mass is 10.1. The molecule has 2 aromatic carbocycles. The Bertz CT molecular complexity index is 896. The molecule has 4 rings (SSSR count). The van der Waals surface area contributed by atoms with E-state index in [0.29, 0.717) is 61.4 Å². The molecule has 1 atom stereocenters. The van der Waals surface area contributed by atoms with E-state index in [4.69, 9.17) is 21.1 Å². The monoisotopic (exact) mass is 428 g/mol. The van der Waals surface area contributed by atoms with E-state index < -0.39 is 0 Å². The summed E-state index contributed by atoms with van der Waals surface area (Å²) < 4.78 is 11.2. The summed E-state index contributed by atoms with van der Waals surface area (Å²) in [5.41, 5.74) is 1.16. The number of rotatable bonds is 5. The van der Waals surface area contributed by atoms with Crippen molar-refractivity contribution in [1.82, 2.24) is 9.80 Å². The fourth-order valence-corrected chi connectivity index (χ4v) is 4.12. The fraction of sp³-hybridized carbons (Fsp3) is 0.391. The number of amides is 2. The third-order valence-electron chi connectivity index (χ3n) is 5.58. The van der Waals surface area contributed by atoms with E-state index in [0.717, 1.165) is 12.8 Å². The van der Waals surface area contributed by atoms with Crippen molar-refractivity contribution in [3.8, 4) is 5.75 Å². The first kappa shape index (κ1) is 20.7. The van der Waals surface area contributed by atoms with Crippen molar-refractivity contribution in [3.63, 3.8) is 0 Å². The number of morpholine rings is 1. The first-order valence-electron chi connectivity index (χ1n) is 10.3. The number of carbonyl (C=O) groups excluding carboxylic acids is 2. The topological polar surface area (TPSA) is 59.1 Å². The summed E-state index contributed by atoms with van der Waals surface area (Å²) >= 11 is 6.20. The van der Waals surface area contributed by atoms with Gasteiger partial charge in [0.15, 0.2) is 0 Å². The lowest BCUT2D eigenvalue weighted by Crippen LogP contribution is -2.40. The minimum atomic E-state index is -0.0573. The Balaban J connectivity index is 1.35. The molecule has 7 heteroatoms. The van der Waals surface area contributed by atoms with Crippen molar-refractivity contribution in [3.05, 3.63) is 64.7 Å². The number of nitrogens with zero attached hydrogens (tertiary/aromatic N) is 2. The predicted molar refractivity (Wildman–Crippen MR) is 114 cm³/mol. The third-order valence-corrected chi connectivity index (χ3v) is 5.91. The molecule has 2 aromatic rings. The number of hydrogen-bond donors (Lipinski definition) is 0. The zero-order chi connectivity index (χ0) is 20.9. The molecule has 0 spiro atoms. The van der Waals surface area contributed by atoms with E-state index in [1.54, 1.807) is 29.2 Å². The number of hydrogen-bond acceptors (Lipinski definition) is 4. The number of carbonyl (C=O) groups is 2. The second kappa shape index (κ2) is 9.49. The summed E-state index contributed by atoms with van der Waals surface area (Å²) in [5, 5.41) is 0.467. The van der Waals surface area contributed by atoms with Gasteiger partial charge < -0.3 is 19.3 Å². The largest absolute Gasteiger partial charge is 0.491 e. The molecular weight excluding hydrogens is 404 g/mol. The lowest BCUT2D eigenvalue weighted by molar-refractivity contribution is 0.0303. The van der Waals surface area contributed by atoms with Crippen LogP contribution in [-0.2, 0) is 4.74 Å². The van der Waals surface area contributed by atoms with Gasteiger partial charge in [0.05, 0.1) is 29.8 Å².